The highest BCUT2D eigenvalue weighted by Crippen LogP contribution is 2.18. The van der Waals surface area contributed by atoms with Gasteiger partial charge in [0.15, 0.2) is 0 Å². The lowest BCUT2D eigenvalue weighted by Crippen LogP contribution is -2.45. The lowest BCUT2D eigenvalue weighted by molar-refractivity contribution is -0.143. The van der Waals surface area contributed by atoms with Crippen LogP contribution in [0.15, 0.2) is 24.3 Å². The van der Waals surface area contributed by atoms with Crippen LogP contribution in [0, 0.1) is 0 Å². The number of carbonyl (C=O) groups excluding carboxylic acids is 2. The summed E-state index contributed by atoms with van der Waals surface area (Å²) in [6.45, 7) is 4.95. The van der Waals surface area contributed by atoms with Crippen molar-refractivity contribution >= 4 is 11.9 Å². The van der Waals surface area contributed by atoms with Crippen LogP contribution in [0.5, 0.6) is 0 Å². The van der Waals surface area contributed by atoms with Gasteiger partial charge in [0.25, 0.3) is 0 Å². The van der Waals surface area contributed by atoms with Crippen molar-refractivity contribution in [1.82, 2.24) is 5.32 Å². The summed E-state index contributed by atoms with van der Waals surface area (Å²) in [6, 6.07) is -0.538. The summed E-state index contributed by atoms with van der Waals surface area (Å²) in [7, 11) is 0. The summed E-state index contributed by atoms with van der Waals surface area (Å²) >= 11 is 0. The molecule has 0 aliphatic rings. The highest BCUT2D eigenvalue weighted by Gasteiger charge is 2.20. The van der Waals surface area contributed by atoms with Gasteiger partial charge in [0.2, 0.25) is 5.91 Å². The zero-order chi connectivity index (χ0) is 52.2. The molecule has 6 heteroatoms. The quantitative estimate of drug-likeness (QED) is 0.0320. The number of aliphatic hydroxyl groups is 2. The normalized spacial score (nSPS) is 12.7. The van der Waals surface area contributed by atoms with Crippen molar-refractivity contribution in [3.8, 4) is 0 Å². The number of aliphatic hydroxyl groups excluding tert-OH is 2. The van der Waals surface area contributed by atoms with E-state index >= 15 is 0 Å². The number of ether oxygens (including phenoxy) is 1. The maximum atomic E-state index is 12.5. The average molecular weight is 1010 g/mol. The lowest BCUT2D eigenvalue weighted by atomic mass is 10.0. The number of hydrogen-bond acceptors (Lipinski definition) is 5. The molecular formula is C66H127NO5. The zero-order valence-electron chi connectivity index (χ0n) is 48.7. The number of allylic oxidation sites excluding steroid dienone is 4. The molecule has 0 saturated carbocycles. The second-order valence-corrected chi connectivity index (χ2v) is 22.4. The molecule has 0 saturated heterocycles. The van der Waals surface area contributed by atoms with Crippen LogP contribution in [0.2, 0.25) is 0 Å². The minimum absolute atomic E-state index is 0.00882. The van der Waals surface area contributed by atoms with Gasteiger partial charge in [-0.15, -0.1) is 0 Å². The van der Waals surface area contributed by atoms with E-state index in [1.54, 1.807) is 0 Å². The standard InChI is InChI=1S/C66H127NO5/c1-3-5-7-9-11-13-15-16-36-40-44-48-52-56-60-66(71)72-61-57-53-49-45-41-37-34-32-30-28-26-24-22-20-18-17-19-21-23-25-27-29-31-33-35-39-43-47-51-55-59-65(70)67-63(62-68)64(69)58-54-50-46-42-38-14-12-10-8-6-4-2/h15-16,18,20,63-64,68-69H,3-14,17,19,21-62H2,1-2H3,(H,67,70)/b16-15-,20-18-. The van der Waals surface area contributed by atoms with E-state index in [9.17, 15) is 19.8 Å². The summed E-state index contributed by atoms with van der Waals surface area (Å²) in [5, 5.41) is 23.2. The summed E-state index contributed by atoms with van der Waals surface area (Å²) in [6.07, 6.45) is 76.4. The second-order valence-electron chi connectivity index (χ2n) is 22.4. The van der Waals surface area contributed by atoms with E-state index in [0.29, 0.717) is 25.9 Å². The molecule has 0 aromatic rings. The van der Waals surface area contributed by atoms with Crippen LogP contribution >= 0.6 is 0 Å². The van der Waals surface area contributed by atoms with Crippen LogP contribution in [-0.4, -0.2) is 47.4 Å². The summed E-state index contributed by atoms with van der Waals surface area (Å²) < 4.78 is 5.48. The predicted octanol–water partition coefficient (Wildman–Crippen LogP) is 20.6. The van der Waals surface area contributed by atoms with Gasteiger partial charge in [-0.25, -0.2) is 0 Å². The van der Waals surface area contributed by atoms with Crippen LogP contribution in [-0.2, 0) is 14.3 Å². The first kappa shape index (κ1) is 70.3. The van der Waals surface area contributed by atoms with E-state index in [2.05, 4.69) is 43.5 Å². The van der Waals surface area contributed by atoms with Gasteiger partial charge in [0, 0.05) is 12.8 Å². The molecule has 0 fully saturated rings. The molecule has 0 spiro atoms. The van der Waals surface area contributed by atoms with Gasteiger partial charge in [-0.2, -0.15) is 0 Å². The Bertz CT molecular complexity index is 1120. The van der Waals surface area contributed by atoms with Gasteiger partial charge in [-0.1, -0.05) is 295 Å². The molecule has 0 bridgehead atoms. The molecule has 0 aromatic heterocycles. The topological polar surface area (TPSA) is 95.9 Å². The Hall–Kier alpha value is -1.66. The first-order valence-electron chi connectivity index (χ1n) is 32.6. The molecule has 426 valence electrons. The lowest BCUT2D eigenvalue weighted by Gasteiger charge is -2.22. The zero-order valence-corrected chi connectivity index (χ0v) is 48.7. The molecule has 0 aromatic carbocycles. The molecular weight excluding hydrogens is 887 g/mol. The van der Waals surface area contributed by atoms with Gasteiger partial charge in [0.05, 0.1) is 25.4 Å². The Morgan fingerprint density at radius 2 is 0.653 bits per heavy atom. The third-order valence-electron chi connectivity index (χ3n) is 15.2. The number of carbonyl (C=O) groups is 2. The molecule has 3 N–H and O–H groups in total. The summed E-state index contributed by atoms with van der Waals surface area (Å²) in [5.41, 5.74) is 0. The van der Waals surface area contributed by atoms with E-state index in [1.807, 2.05) is 0 Å². The fourth-order valence-corrected chi connectivity index (χ4v) is 10.2. The second kappa shape index (κ2) is 61.9. The fourth-order valence-electron chi connectivity index (χ4n) is 10.2. The van der Waals surface area contributed by atoms with E-state index in [0.717, 1.165) is 44.9 Å². The Balaban J connectivity index is 3.34. The number of amides is 1. The molecule has 0 aliphatic carbocycles. The summed E-state index contributed by atoms with van der Waals surface area (Å²) in [4.78, 5) is 24.5. The maximum absolute atomic E-state index is 12.5. The Kier molecular flexibility index (Phi) is 60.5. The van der Waals surface area contributed by atoms with Crippen LogP contribution in [0.25, 0.3) is 0 Å². The van der Waals surface area contributed by atoms with Crippen molar-refractivity contribution in [3.05, 3.63) is 24.3 Å². The molecule has 6 nitrogen and oxygen atoms in total. The van der Waals surface area contributed by atoms with E-state index in [4.69, 9.17) is 4.74 Å². The van der Waals surface area contributed by atoms with Crippen LogP contribution in [0.3, 0.4) is 0 Å². The number of rotatable bonds is 61. The van der Waals surface area contributed by atoms with Crippen LogP contribution in [0.4, 0.5) is 0 Å². The van der Waals surface area contributed by atoms with Gasteiger partial charge < -0.3 is 20.3 Å². The molecule has 0 radical (unpaired) electrons. The Morgan fingerprint density at radius 3 is 0.986 bits per heavy atom. The number of esters is 1. The summed E-state index contributed by atoms with van der Waals surface area (Å²) in [5.74, 6) is -0.0243. The van der Waals surface area contributed by atoms with Gasteiger partial charge in [-0.05, 0) is 77.0 Å². The van der Waals surface area contributed by atoms with Gasteiger partial charge in [-0.3, -0.25) is 9.59 Å². The number of unbranched alkanes of at least 4 members (excludes halogenated alkanes) is 46. The largest absolute Gasteiger partial charge is 0.466 e. The average Bonchev–Trinajstić information content (AvgIpc) is 3.38. The molecule has 0 heterocycles. The molecule has 1 amide bonds. The smallest absolute Gasteiger partial charge is 0.305 e. The van der Waals surface area contributed by atoms with E-state index in [-0.39, 0.29) is 18.5 Å². The first-order chi connectivity index (χ1) is 35.5. The third kappa shape index (κ3) is 57.6. The van der Waals surface area contributed by atoms with Crippen molar-refractivity contribution in [2.75, 3.05) is 13.2 Å². The van der Waals surface area contributed by atoms with Crippen LogP contribution in [0.1, 0.15) is 361 Å². The van der Waals surface area contributed by atoms with E-state index in [1.165, 1.54) is 283 Å². The van der Waals surface area contributed by atoms with Crippen molar-refractivity contribution in [1.29, 1.82) is 0 Å². The number of hydrogen-bond donors (Lipinski definition) is 3. The third-order valence-corrected chi connectivity index (χ3v) is 15.2. The minimum Gasteiger partial charge on any atom is -0.466 e. The SMILES string of the molecule is CCCCCCC/C=C\CCCCCCCC(=O)OCCCCCCCCCCCCCC/C=C\CCCCCCCCCCCCCCCCC(=O)NC(CO)C(O)CCCCCCCCCCCCC. The van der Waals surface area contributed by atoms with Crippen LogP contribution < -0.4 is 5.32 Å². The predicted molar refractivity (Wildman–Crippen MR) is 315 cm³/mol. The van der Waals surface area contributed by atoms with Gasteiger partial charge in [0.1, 0.15) is 0 Å². The monoisotopic (exact) mass is 1010 g/mol. The highest BCUT2D eigenvalue weighted by molar-refractivity contribution is 5.76. The van der Waals surface area contributed by atoms with Crippen molar-refractivity contribution in [2.45, 2.75) is 373 Å². The Labute approximate surface area is 450 Å². The number of nitrogens with one attached hydrogen (secondary N) is 1. The Morgan fingerprint density at radius 1 is 0.375 bits per heavy atom. The van der Waals surface area contributed by atoms with Crippen molar-refractivity contribution < 1.29 is 24.5 Å². The maximum Gasteiger partial charge on any atom is 0.305 e. The minimum atomic E-state index is -0.661. The first-order valence-corrected chi connectivity index (χ1v) is 32.6. The molecule has 2 atom stereocenters. The molecule has 72 heavy (non-hydrogen) atoms. The highest BCUT2D eigenvalue weighted by atomic mass is 16.5. The van der Waals surface area contributed by atoms with Crippen molar-refractivity contribution in [3.63, 3.8) is 0 Å². The fraction of sp³-hybridized carbons (Fsp3) is 0.909. The van der Waals surface area contributed by atoms with Gasteiger partial charge >= 0.3 is 5.97 Å². The van der Waals surface area contributed by atoms with Crippen molar-refractivity contribution in [2.24, 2.45) is 0 Å². The molecule has 2 unspecified atom stereocenters. The molecule has 0 rings (SSSR count). The van der Waals surface area contributed by atoms with E-state index < -0.39 is 12.1 Å². The molecule has 0 aliphatic heterocycles.